The van der Waals surface area contributed by atoms with E-state index >= 15 is 0 Å². The molecule has 1 aliphatic heterocycles. The fourth-order valence-electron chi connectivity index (χ4n) is 5.29. The van der Waals surface area contributed by atoms with Crippen LogP contribution < -0.4 is 15.7 Å². The van der Waals surface area contributed by atoms with Crippen LogP contribution in [0.2, 0.25) is 0 Å². The van der Waals surface area contributed by atoms with Crippen molar-refractivity contribution in [2.75, 3.05) is 19.6 Å². The Morgan fingerprint density at radius 3 is 2.88 bits per heavy atom. The molecule has 1 aliphatic carbocycles. The number of rotatable bonds is 6. The molecule has 1 aromatic carbocycles. The SMILES string of the molecule is CCc1cc(=O)oc2c(C)c(O[C@H](C)C(=O)NCC(=O)N3CC[C@]4(O)CCCC[C@@H]4C3)ccc12. The Kier molecular flexibility index (Phi) is 6.98. The Hall–Kier alpha value is -2.87. The first-order chi connectivity index (χ1) is 16.2. The molecule has 0 unspecified atom stereocenters. The van der Waals surface area contributed by atoms with Gasteiger partial charge in [0.1, 0.15) is 11.3 Å². The Labute approximate surface area is 199 Å². The van der Waals surface area contributed by atoms with Crippen LogP contribution in [-0.4, -0.2) is 53.2 Å². The average molecular weight is 471 g/mol. The molecule has 2 heterocycles. The highest BCUT2D eigenvalue weighted by Gasteiger charge is 2.43. The molecule has 8 heteroatoms. The number of aliphatic hydroxyl groups is 1. The molecule has 2 aromatic rings. The first-order valence-corrected chi connectivity index (χ1v) is 12.2. The minimum absolute atomic E-state index is 0.108. The summed E-state index contributed by atoms with van der Waals surface area (Å²) in [4.78, 5) is 39.0. The minimum atomic E-state index is -0.838. The molecule has 184 valence electrons. The molecule has 3 atom stereocenters. The lowest BCUT2D eigenvalue weighted by Gasteiger charge is -2.47. The van der Waals surface area contributed by atoms with Crippen LogP contribution in [0, 0.1) is 12.8 Å². The van der Waals surface area contributed by atoms with E-state index in [1.807, 2.05) is 13.0 Å². The van der Waals surface area contributed by atoms with Gasteiger partial charge in [0.15, 0.2) is 6.10 Å². The first-order valence-electron chi connectivity index (χ1n) is 12.2. The van der Waals surface area contributed by atoms with E-state index in [0.29, 0.717) is 42.8 Å². The molecule has 4 rings (SSSR count). The van der Waals surface area contributed by atoms with E-state index in [-0.39, 0.29) is 18.4 Å². The number of likely N-dealkylation sites (tertiary alicyclic amines) is 1. The van der Waals surface area contributed by atoms with Crippen molar-refractivity contribution in [3.8, 4) is 5.75 Å². The van der Waals surface area contributed by atoms with Crippen LogP contribution in [0.1, 0.15) is 57.1 Å². The van der Waals surface area contributed by atoms with Gasteiger partial charge < -0.3 is 24.5 Å². The Bertz CT molecular complexity index is 1140. The van der Waals surface area contributed by atoms with E-state index in [2.05, 4.69) is 5.32 Å². The van der Waals surface area contributed by atoms with Crippen molar-refractivity contribution in [1.82, 2.24) is 10.2 Å². The lowest BCUT2D eigenvalue weighted by atomic mass is 9.71. The molecule has 2 N–H and O–H groups in total. The highest BCUT2D eigenvalue weighted by molar-refractivity contribution is 5.88. The maximum Gasteiger partial charge on any atom is 0.336 e. The summed E-state index contributed by atoms with van der Waals surface area (Å²) in [6.07, 6.45) is 4.31. The van der Waals surface area contributed by atoms with Crippen LogP contribution in [0.15, 0.2) is 27.4 Å². The second-order valence-electron chi connectivity index (χ2n) is 9.62. The highest BCUT2D eigenvalue weighted by atomic mass is 16.5. The van der Waals surface area contributed by atoms with E-state index in [0.717, 1.165) is 36.6 Å². The number of carbonyl (C=O) groups excluding carboxylic acids is 2. The molecule has 2 fully saturated rings. The number of hydrogen-bond acceptors (Lipinski definition) is 6. The zero-order valence-corrected chi connectivity index (χ0v) is 20.2. The number of carbonyl (C=O) groups is 2. The van der Waals surface area contributed by atoms with Gasteiger partial charge in [-0.25, -0.2) is 4.79 Å². The highest BCUT2D eigenvalue weighted by Crippen LogP contribution is 2.39. The van der Waals surface area contributed by atoms with Gasteiger partial charge in [0.05, 0.1) is 12.1 Å². The number of fused-ring (bicyclic) bond motifs is 2. The molecule has 8 nitrogen and oxygen atoms in total. The van der Waals surface area contributed by atoms with Gasteiger partial charge in [-0.3, -0.25) is 9.59 Å². The number of ether oxygens (including phenoxy) is 1. The molecule has 1 saturated heterocycles. The quantitative estimate of drug-likeness (QED) is 0.629. The molecular weight excluding hydrogens is 436 g/mol. The smallest absolute Gasteiger partial charge is 0.336 e. The van der Waals surface area contributed by atoms with Gasteiger partial charge in [-0.05, 0) is 57.2 Å². The molecule has 0 spiro atoms. The molecule has 1 saturated carbocycles. The monoisotopic (exact) mass is 470 g/mol. The zero-order valence-electron chi connectivity index (χ0n) is 20.2. The Morgan fingerprint density at radius 1 is 1.32 bits per heavy atom. The molecular formula is C26H34N2O6. The fraction of sp³-hybridized carbons (Fsp3) is 0.577. The van der Waals surface area contributed by atoms with Crippen molar-refractivity contribution < 1.29 is 23.8 Å². The molecule has 2 amide bonds. The lowest BCUT2D eigenvalue weighted by Crippen LogP contribution is -2.56. The van der Waals surface area contributed by atoms with Gasteiger partial charge in [0, 0.05) is 36.0 Å². The molecule has 0 radical (unpaired) electrons. The third kappa shape index (κ3) is 4.82. The van der Waals surface area contributed by atoms with Crippen LogP contribution in [-0.2, 0) is 16.0 Å². The Morgan fingerprint density at radius 2 is 2.12 bits per heavy atom. The van der Waals surface area contributed by atoms with Crippen molar-refractivity contribution in [3.05, 3.63) is 39.7 Å². The summed E-state index contributed by atoms with van der Waals surface area (Å²) >= 11 is 0. The Balaban J connectivity index is 1.35. The third-order valence-electron chi connectivity index (χ3n) is 7.44. The average Bonchev–Trinajstić information content (AvgIpc) is 2.83. The summed E-state index contributed by atoms with van der Waals surface area (Å²) in [6, 6.07) is 5.09. The van der Waals surface area contributed by atoms with Gasteiger partial charge in [-0.2, -0.15) is 0 Å². The van der Waals surface area contributed by atoms with Gasteiger partial charge in [-0.1, -0.05) is 19.8 Å². The van der Waals surface area contributed by atoms with Gasteiger partial charge >= 0.3 is 5.63 Å². The summed E-state index contributed by atoms with van der Waals surface area (Å²) in [5, 5.41) is 14.3. The topological polar surface area (TPSA) is 109 Å². The summed E-state index contributed by atoms with van der Waals surface area (Å²) in [5.41, 5.74) is 0.939. The number of benzene rings is 1. The van der Waals surface area contributed by atoms with Gasteiger partial charge in [0.25, 0.3) is 5.91 Å². The van der Waals surface area contributed by atoms with Crippen LogP contribution in [0.3, 0.4) is 0 Å². The molecule has 1 aromatic heterocycles. The van der Waals surface area contributed by atoms with Crippen molar-refractivity contribution in [2.45, 2.75) is 71.0 Å². The standard InChI is InChI=1S/C26H34N2O6/c1-4-18-13-23(30)34-24-16(2)21(9-8-20(18)24)33-17(3)25(31)27-14-22(29)28-12-11-26(32)10-6-5-7-19(26)15-28/h8-9,13,17,19,32H,4-7,10-12,14-15H2,1-3H3,(H,27,31)/t17-,19-,26-/m1/s1. The van der Waals surface area contributed by atoms with Gasteiger partial charge in [-0.15, -0.1) is 0 Å². The third-order valence-corrected chi connectivity index (χ3v) is 7.44. The largest absolute Gasteiger partial charge is 0.480 e. The zero-order chi connectivity index (χ0) is 24.5. The van der Waals surface area contributed by atoms with Crippen molar-refractivity contribution in [3.63, 3.8) is 0 Å². The van der Waals surface area contributed by atoms with Crippen molar-refractivity contribution in [2.24, 2.45) is 5.92 Å². The number of piperidine rings is 1. The van der Waals surface area contributed by atoms with E-state index in [1.54, 1.807) is 24.8 Å². The van der Waals surface area contributed by atoms with Gasteiger partial charge in [0.2, 0.25) is 5.91 Å². The van der Waals surface area contributed by atoms with E-state index in [1.165, 1.54) is 6.07 Å². The second kappa shape index (κ2) is 9.78. The summed E-state index contributed by atoms with van der Waals surface area (Å²) in [7, 11) is 0. The molecule has 2 aliphatic rings. The number of hydrogen-bond donors (Lipinski definition) is 2. The van der Waals surface area contributed by atoms with E-state index in [4.69, 9.17) is 9.15 Å². The summed E-state index contributed by atoms with van der Waals surface area (Å²) in [6.45, 7) is 6.32. The van der Waals surface area contributed by atoms with Crippen LogP contribution in [0.5, 0.6) is 5.75 Å². The molecule has 34 heavy (non-hydrogen) atoms. The predicted molar refractivity (Wildman–Crippen MR) is 128 cm³/mol. The number of amides is 2. The summed E-state index contributed by atoms with van der Waals surface area (Å²) in [5.74, 6) is 0.0123. The van der Waals surface area contributed by atoms with Crippen LogP contribution in [0.25, 0.3) is 11.0 Å². The number of nitrogens with one attached hydrogen (secondary N) is 1. The second-order valence-corrected chi connectivity index (χ2v) is 9.62. The van der Waals surface area contributed by atoms with Crippen LogP contribution >= 0.6 is 0 Å². The summed E-state index contributed by atoms with van der Waals surface area (Å²) < 4.78 is 11.3. The van der Waals surface area contributed by atoms with E-state index in [9.17, 15) is 19.5 Å². The van der Waals surface area contributed by atoms with Crippen LogP contribution in [0.4, 0.5) is 0 Å². The number of nitrogens with zero attached hydrogens (tertiary/aromatic N) is 1. The molecule has 0 bridgehead atoms. The lowest BCUT2D eigenvalue weighted by molar-refractivity contribution is -0.144. The van der Waals surface area contributed by atoms with Crippen molar-refractivity contribution >= 4 is 22.8 Å². The maximum atomic E-state index is 12.7. The first kappa shape index (κ1) is 24.3. The van der Waals surface area contributed by atoms with Crippen molar-refractivity contribution in [1.29, 1.82) is 0 Å². The maximum absolute atomic E-state index is 12.7. The number of aryl methyl sites for hydroxylation is 2. The predicted octanol–water partition coefficient (Wildman–Crippen LogP) is 2.70. The minimum Gasteiger partial charge on any atom is -0.480 e. The fourth-order valence-corrected chi connectivity index (χ4v) is 5.29. The normalized spacial score (nSPS) is 23.3. The van der Waals surface area contributed by atoms with E-state index < -0.39 is 23.2 Å².